The summed E-state index contributed by atoms with van der Waals surface area (Å²) >= 11 is 6.10. The number of nitro groups is 1. The fourth-order valence-corrected chi connectivity index (χ4v) is 3.02. The maximum absolute atomic E-state index is 11.9. The average molecular weight is 428 g/mol. The van der Waals surface area contributed by atoms with Crippen molar-refractivity contribution in [3.63, 3.8) is 0 Å². The fraction of sp³-hybridized carbons (Fsp3) is 0.143. The molecule has 0 bridgehead atoms. The Morgan fingerprint density at radius 3 is 2.63 bits per heavy atom. The second-order valence-corrected chi connectivity index (χ2v) is 6.83. The van der Waals surface area contributed by atoms with Crippen LogP contribution in [0.15, 0.2) is 58.0 Å². The van der Waals surface area contributed by atoms with E-state index in [1.807, 2.05) is 32.0 Å². The molecule has 0 saturated heterocycles. The number of hydrazone groups is 1. The molecular formula is C21H18ClN3O5. The van der Waals surface area contributed by atoms with Crippen LogP contribution in [0.25, 0.3) is 11.3 Å². The standard InChI is InChI=1S/C21H18ClN3O5/c1-13-4-3-5-14(2)21(13)29-12-20(26)24-23-11-16-7-9-19(30-16)17-8-6-15(25(27)28)10-18(17)22/h3-11H,12H2,1-2H3,(H,24,26). The summed E-state index contributed by atoms with van der Waals surface area (Å²) in [6.07, 6.45) is 1.33. The summed E-state index contributed by atoms with van der Waals surface area (Å²) < 4.78 is 11.2. The summed E-state index contributed by atoms with van der Waals surface area (Å²) in [6, 6.07) is 13.1. The summed E-state index contributed by atoms with van der Waals surface area (Å²) in [7, 11) is 0. The molecule has 0 atom stereocenters. The highest BCUT2D eigenvalue weighted by atomic mass is 35.5. The van der Waals surface area contributed by atoms with Gasteiger partial charge in [0.1, 0.15) is 17.3 Å². The first-order valence-corrected chi connectivity index (χ1v) is 9.28. The summed E-state index contributed by atoms with van der Waals surface area (Å²) in [5, 5.41) is 14.8. The fourth-order valence-electron chi connectivity index (χ4n) is 2.75. The lowest BCUT2D eigenvalue weighted by Gasteiger charge is -2.10. The molecule has 0 unspecified atom stereocenters. The highest BCUT2D eigenvalue weighted by Crippen LogP contribution is 2.32. The van der Waals surface area contributed by atoms with Crippen molar-refractivity contribution in [1.82, 2.24) is 5.43 Å². The van der Waals surface area contributed by atoms with E-state index in [0.717, 1.165) is 11.1 Å². The first-order chi connectivity index (χ1) is 14.3. The largest absolute Gasteiger partial charge is 0.483 e. The number of amides is 1. The van der Waals surface area contributed by atoms with Crippen LogP contribution in [-0.2, 0) is 4.79 Å². The van der Waals surface area contributed by atoms with Crippen molar-refractivity contribution in [3.8, 4) is 17.1 Å². The number of halogens is 1. The van der Waals surface area contributed by atoms with Gasteiger partial charge in [0.15, 0.2) is 6.61 Å². The molecule has 0 saturated carbocycles. The maximum Gasteiger partial charge on any atom is 0.277 e. The Kier molecular flexibility index (Phi) is 6.48. The first-order valence-electron chi connectivity index (χ1n) is 8.90. The van der Waals surface area contributed by atoms with Gasteiger partial charge in [0.05, 0.1) is 16.2 Å². The molecule has 9 heteroatoms. The Hall–Kier alpha value is -3.65. The molecular weight excluding hydrogens is 410 g/mol. The Balaban J connectivity index is 1.58. The molecule has 0 spiro atoms. The number of non-ortho nitro benzene ring substituents is 1. The lowest BCUT2D eigenvalue weighted by molar-refractivity contribution is -0.384. The van der Waals surface area contributed by atoms with Gasteiger partial charge >= 0.3 is 0 Å². The third-order valence-electron chi connectivity index (χ3n) is 4.19. The van der Waals surface area contributed by atoms with Crippen molar-refractivity contribution in [1.29, 1.82) is 0 Å². The van der Waals surface area contributed by atoms with E-state index in [1.54, 1.807) is 12.1 Å². The molecule has 0 fully saturated rings. The predicted molar refractivity (Wildman–Crippen MR) is 113 cm³/mol. The predicted octanol–water partition coefficient (Wildman–Crippen LogP) is 4.65. The molecule has 0 aliphatic carbocycles. The number of ether oxygens (including phenoxy) is 1. The maximum atomic E-state index is 11.9. The van der Waals surface area contributed by atoms with Gasteiger partial charge in [-0.2, -0.15) is 5.10 Å². The number of carbonyl (C=O) groups is 1. The van der Waals surface area contributed by atoms with E-state index < -0.39 is 10.8 Å². The molecule has 154 valence electrons. The number of benzene rings is 2. The second-order valence-electron chi connectivity index (χ2n) is 6.43. The van der Waals surface area contributed by atoms with Crippen molar-refractivity contribution in [2.24, 2.45) is 5.10 Å². The van der Waals surface area contributed by atoms with Crippen LogP contribution in [0.2, 0.25) is 5.02 Å². The van der Waals surface area contributed by atoms with E-state index >= 15 is 0 Å². The van der Waals surface area contributed by atoms with Gasteiger partial charge in [-0.3, -0.25) is 14.9 Å². The topological polar surface area (TPSA) is 107 Å². The van der Waals surface area contributed by atoms with E-state index in [1.165, 1.54) is 24.4 Å². The highest BCUT2D eigenvalue weighted by Gasteiger charge is 2.13. The van der Waals surface area contributed by atoms with Crippen molar-refractivity contribution in [3.05, 3.63) is 80.6 Å². The van der Waals surface area contributed by atoms with Crippen molar-refractivity contribution < 1.29 is 18.9 Å². The smallest absolute Gasteiger partial charge is 0.277 e. The van der Waals surface area contributed by atoms with Gasteiger partial charge in [0.25, 0.3) is 11.6 Å². The molecule has 1 amide bonds. The number of carbonyl (C=O) groups excluding carboxylic acids is 1. The lowest BCUT2D eigenvalue weighted by Crippen LogP contribution is -2.24. The minimum absolute atomic E-state index is 0.108. The summed E-state index contributed by atoms with van der Waals surface area (Å²) in [6.45, 7) is 3.64. The second kappa shape index (κ2) is 9.23. The summed E-state index contributed by atoms with van der Waals surface area (Å²) in [4.78, 5) is 22.2. The monoisotopic (exact) mass is 427 g/mol. The molecule has 3 rings (SSSR count). The highest BCUT2D eigenvalue weighted by molar-refractivity contribution is 6.33. The molecule has 0 aliphatic rings. The van der Waals surface area contributed by atoms with Gasteiger partial charge in [0, 0.05) is 17.7 Å². The Bertz CT molecular complexity index is 1100. The van der Waals surface area contributed by atoms with Crippen LogP contribution < -0.4 is 10.2 Å². The van der Waals surface area contributed by atoms with Crippen molar-refractivity contribution in [2.75, 3.05) is 6.61 Å². The van der Waals surface area contributed by atoms with Crippen LogP contribution in [0.5, 0.6) is 5.75 Å². The molecule has 3 aromatic rings. The Morgan fingerprint density at radius 2 is 1.97 bits per heavy atom. The van der Waals surface area contributed by atoms with Gasteiger partial charge < -0.3 is 9.15 Å². The zero-order valence-corrected chi connectivity index (χ0v) is 17.0. The van der Waals surface area contributed by atoms with Crippen LogP contribution in [0.4, 0.5) is 5.69 Å². The number of furan rings is 1. The summed E-state index contributed by atoms with van der Waals surface area (Å²) in [5.41, 5.74) is 4.65. The number of nitrogens with zero attached hydrogens (tertiary/aromatic N) is 2. The van der Waals surface area contributed by atoms with E-state index in [9.17, 15) is 14.9 Å². The number of aryl methyl sites for hydroxylation is 2. The summed E-state index contributed by atoms with van der Waals surface area (Å²) in [5.74, 6) is 1.04. The quantitative estimate of drug-likeness (QED) is 0.335. The number of nitro benzene ring substituents is 1. The van der Waals surface area contributed by atoms with E-state index in [4.69, 9.17) is 20.8 Å². The molecule has 8 nitrogen and oxygen atoms in total. The molecule has 1 N–H and O–H groups in total. The van der Waals surface area contributed by atoms with Crippen molar-refractivity contribution >= 4 is 29.4 Å². The molecule has 0 aliphatic heterocycles. The minimum atomic E-state index is -0.525. The van der Waals surface area contributed by atoms with Gasteiger partial charge in [-0.1, -0.05) is 29.8 Å². The van der Waals surface area contributed by atoms with Gasteiger partial charge in [-0.05, 0) is 43.2 Å². The minimum Gasteiger partial charge on any atom is -0.483 e. The zero-order valence-electron chi connectivity index (χ0n) is 16.2. The van der Waals surface area contributed by atoms with E-state index in [0.29, 0.717) is 22.8 Å². The number of para-hydroxylation sites is 1. The third kappa shape index (κ3) is 5.03. The van der Waals surface area contributed by atoms with Gasteiger partial charge in [0.2, 0.25) is 0 Å². The van der Waals surface area contributed by atoms with Crippen LogP contribution in [-0.4, -0.2) is 23.7 Å². The Labute approximate surface area is 177 Å². The SMILES string of the molecule is Cc1cccc(C)c1OCC(=O)NN=Cc1ccc(-c2ccc([N+](=O)[O-])cc2Cl)o1. The van der Waals surface area contributed by atoms with Gasteiger partial charge in [-0.25, -0.2) is 5.43 Å². The number of hydrogen-bond donors (Lipinski definition) is 1. The van der Waals surface area contributed by atoms with Gasteiger partial charge in [-0.15, -0.1) is 0 Å². The Morgan fingerprint density at radius 1 is 1.23 bits per heavy atom. The lowest BCUT2D eigenvalue weighted by atomic mass is 10.1. The van der Waals surface area contributed by atoms with Crippen LogP contribution in [0, 0.1) is 24.0 Å². The molecule has 0 radical (unpaired) electrons. The zero-order chi connectivity index (χ0) is 21.7. The van der Waals surface area contributed by atoms with Crippen LogP contribution in [0.3, 0.4) is 0 Å². The third-order valence-corrected chi connectivity index (χ3v) is 4.51. The number of hydrogen-bond acceptors (Lipinski definition) is 6. The molecule has 1 heterocycles. The van der Waals surface area contributed by atoms with Crippen LogP contribution >= 0.6 is 11.6 Å². The average Bonchev–Trinajstić information content (AvgIpc) is 3.16. The molecule has 1 aromatic heterocycles. The number of rotatable bonds is 7. The number of nitrogens with one attached hydrogen (secondary N) is 1. The molecule has 30 heavy (non-hydrogen) atoms. The molecule has 2 aromatic carbocycles. The van der Waals surface area contributed by atoms with Crippen molar-refractivity contribution in [2.45, 2.75) is 13.8 Å². The first kappa shape index (κ1) is 21.1. The van der Waals surface area contributed by atoms with E-state index in [-0.39, 0.29) is 17.3 Å². The van der Waals surface area contributed by atoms with E-state index in [2.05, 4.69) is 10.5 Å². The normalized spacial score (nSPS) is 10.9. The van der Waals surface area contributed by atoms with Crippen LogP contribution in [0.1, 0.15) is 16.9 Å².